The summed E-state index contributed by atoms with van der Waals surface area (Å²) in [7, 11) is 0. The van der Waals surface area contributed by atoms with Crippen molar-refractivity contribution in [3.63, 3.8) is 0 Å². The lowest BCUT2D eigenvalue weighted by atomic mass is 9.81. The predicted octanol–water partition coefficient (Wildman–Crippen LogP) is 2.42. The zero-order valence-corrected chi connectivity index (χ0v) is 14.9. The number of fused-ring (bicyclic) bond motifs is 2. The van der Waals surface area contributed by atoms with E-state index in [4.69, 9.17) is 9.47 Å². The van der Waals surface area contributed by atoms with Gasteiger partial charge in [-0.2, -0.15) is 0 Å². The lowest BCUT2D eigenvalue weighted by Gasteiger charge is -2.25. The molecule has 3 atom stereocenters. The number of hydrogen-bond donors (Lipinski definition) is 2. The molecule has 2 aliphatic heterocycles. The monoisotopic (exact) mass is 360 g/mol. The number of likely N-dealkylation sites (tertiary alicyclic amines) is 1. The smallest absolute Gasteiger partial charge is 0.317 e. The minimum Gasteiger partial charge on any atom is -0.486 e. The molecule has 1 saturated carbocycles. The number of rotatable bonds is 3. The lowest BCUT2D eigenvalue weighted by Crippen LogP contribution is -2.42. The summed E-state index contributed by atoms with van der Waals surface area (Å²) in [6, 6.07) is 5.24. The number of nitrogens with zero attached hydrogens (tertiary/aromatic N) is 1. The van der Waals surface area contributed by atoms with E-state index in [0.29, 0.717) is 44.2 Å². The highest BCUT2D eigenvalue weighted by molar-refractivity contribution is 5.80. The Morgan fingerprint density at radius 1 is 1.31 bits per heavy atom. The number of aliphatic carboxylic acids is 1. The zero-order valence-electron chi connectivity index (χ0n) is 14.9. The van der Waals surface area contributed by atoms with Gasteiger partial charge in [-0.25, -0.2) is 4.79 Å². The molecule has 0 aromatic heterocycles. The molecule has 1 aliphatic carbocycles. The van der Waals surface area contributed by atoms with E-state index in [1.807, 2.05) is 25.1 Å². The van der Waals surface area contributed by atoms with Gasteiger partial charge in [0.1, 0.15) is 13.2 Å². The molecule has 1 aromatic carbocycles. The second-order valence-electron chi connectivity index (χ2n) is 7.51. The van der Waals surface area contributed by atoms with Crippen LogP contribution in [0.25, 0.3) is 0 Å². The summed E-state index contributed by atoms with van der Waals surface area (Å²) >= 11 is 0. The first-order chi connectivity index (χ1) is 12.5. The highest BCUT2D eigenvalue weighted by Gasteiger charge is 2.55. The maximum atomic E-state index is 12.7. The van der Waals surface area contributed by atoms with Crippen molar-refractivity contribution in [2.24, 2.45) is 11.3 Å². The van der Waals surface area contributed by atoms with Crippen molar-refractivity contribution >= 4 is 12.0 Å². The first-order valence-corrected chi connectivity index (χ1v) is 9.18. The van der Waals surface area contributed by atoms with Gasteiger partial charge < -0.3 is 24.8 Å². The Morgan fingerprint density at radius 2 is 2.08 bits per heavy atom. The van der Waals surface area contributed by atoms with Crippen LogP contribution in [0.1, 0.15) is 37.8 Å². The van der Waals surface area contributed by atoms with Crippen molar-refractivity contribution in [1.29, 1.82) is 0 Å². The van der Waals surface area contributed by atoms with E-state index in [-0.39, 0.29) is 18.0 Å². The van der Waals surface area contributed by atoms with E-state index in [2.05, 4.69) is 5.32 Å². The SMILES string of the molecule is CC(NC(=O)N1C[C@@H]2CCC[C@@]2(C(=O)O)C1)c1ccc2c(c1)OCCO2. The van der Waals surface area contributed by atoms with Gasteiger partial charge in [-0.1, -0.05) is 12.5 Å². The highest BCUT2D eigenvalue weighted by Crippen LogP contribution is 2.48. The second kappa shape index (κ2) is 6.37. The highest BCUT2D eigenvalue weighted by atomic mass is 16.6. The maximum absolute atomic E-state index is 12.7. The number of carboxylic acid groups (broad SMARTS) is 1. The van der Waals surface area contributed by atoms with E-state index in [1.165, 1.54) is 0 Å². The Morgan fingerprint density at radius 3 is 2.81 bits per heavy atom. The molecule has 1 aromatic rings. The molecule has 3 aliphatic rings. The van der Waals surface area contributed by atoms with E-state index < -0.39 is 11.4 Å². The van der Waals surface area contributed by atoms with Gasteiger partial charge in [0.25, 0.3) is 0 Å². The molecule has 0 bridgehead atoms. The fraction of sp³-hybridized carbons (Fsp3) is 0.579. The van der Waals surface area contributed by atoms with Gasteiger partial charge in [0.05, 0.1) is 11.5 Å². The number of ether oxygens (including phenoxy) is 2. The normalized spacial score (nSPS) is 27.7. The van der Waals surface area contributed by atoms with Crippen LogP contribution in [0.5, 0.6) is 11.5 Å². The number of nitrogens with one attached hydrogen (secondary N) is 1. The molecule has 1 unspecified atom stereocenters. The molecule has 2 amide bonds. The summed E-state index contributed by atoms with van der Waals surface area (Å²) in [4.78, 5) is 26.1. The molecule has 2 heterocycles. The van der Waals surface area contributed by atoms with Crippen LogP contribution in [0.3, 0.4) is 0 Å². The number of amides is 2. The van der Waals surface area contributed by atoms with Gasteiger partial charge in [-0.15, -0.1) is 0 Å². The maximum Gasteiger partial charge on any atom is 0.317 e. The Bertz CT molecular complexity index is 737. The van der Waals surface area contributed by atoms with Gasteiger partial charge in [-0.05, 0) is 43.4 Å². The van der Waals surface area contributed by atoms with E-state index >= 15 is 0 Å². The average molecular weight is 360 g/mol. The number of carbonyl (C=O) groups is 2. The Labute approximate surface area is 152 Å². The largest absolute Gasteiger partial charge is 0.486 e. The molecule has 4 rings (SSSR count). The summed E-state index contributed by atoms with van der Waals surface area (Å²) < 4.78 is 11.1. The molecule has 0 radical (unpaired) electrons. The minimum absolute atomic E-state index is 0.0651. The Balaban J connectivity index is 1.43. The van der Waals surface area contributed by atoms with Gasteiger partial charge in [0.15, 0.2) is 11.5 Å². The minimum atomic E-state index is -0.768. The number of benzene rings is 1. The summed E-state index contributed by atoms with van der Waals surface area (Å²) in [5.74, 6) is 0.704. The van der Waals surface area contributed by atoms with Crippen molar-refractivity contribution in [2.45, 2.75) is 32.2 Å². The molecule has 140 valence electrons. The number of urea groups is 1. The van der Waals surface area contributed by atoms with Crippen molar-refractivity contribution in [1.82, 2.24) is 10.2 Å². The van der Waals surface area contributed by atoms with Crippen LogP contribution in [0.4, 0.5) is 4.79 Å². The van der Waals surface area contributed by atoms with Gasteiger partial charge in [-0.3, -0.25) is 4.79 Å². The van der Waals surface area contributed by atoms with Gasteiger partial charge in [0.2, 0.25) is 0 Å². The third-order valence-corrected chi connectivity index (χ3v) is 5.99. The van der Waals surface area contributed by atoms with Crippen LogP contribution in [-0.4, -0.2) is 48.3 Å². The lowest BCUT2D eigenvalue weighted by molar-refractivity contribution is -0.149. The van der Waals surface area contributed by atoms with Crippen LogP contribution in [0, 0.1) is 11.3 Å². The third-order valence-electron chi connectivity index (χ3n) is 5.99. The quantitative estimate of drug-likeness (QED) is 0.864. The fourth-order valence-electron chi connectivity index (χ4n) is 4.48. The molecule has 0 spiro atoms. The van der Waals surface area contributed by atoms with Crippen molar-refractivity contribution < 1.29 is 24.2 Å². The van der Waals surface area contributed by atoms with E-state index in [0.717, 1.165) is 18.4 Å². The number of carbonyl (C=O) groups excluding carboxylic acids is 1. The standard InChI is InChI=1S/C19H24N2O5/c1-12(13-4-5-15-16(9-13)26-8-7-25-15)20-18(24)21-10-14-3-2-6-19(14,11-21)17(22)23/h4-5,9,12,14H,2-3,6-8,10-11H2,1H3,(H,20,24)(H,22,23)/t12?,14-,19+/m0/s1. The molecular weight excluding hydrogens is 336 g/mol. The van der Waals surface area contributed by atoms with E-state index in [1.54, 1.807) is 4.90 Å². The Hall–Kier alpha value is -2.44. The molecule has 1 saturated heterocycles. The van der Waals surface area contributed by atoms with Crippen LogP contribution in [0.15, 0.2) is 18.2 Å². The molecule has 7 nitrogen and oxygen atoms in total. The summed E-state index contributed by atoms with van der Waals surface area (Å²) in [6.45, 7) is 3.79. The summed E-state index contributed by atoms with van der Waals surface area (Å²) in [5, 5.41) is 12.7. The average Bonchev–Trinajstić information content (AvgIpc) is 3.19. The van der Waals surface area contributed by atoms with E-state index in [9.17, 15) is 14.7 Å². The van der Waals surface area contributed by atoms with Crippen LogP contribution < -0.4 is 14.8 Å². The van der Waals surface area contributed by atoms with Crippen LogP contribution >= 0.6 is 0 Å². The van der Waals surface area contributed by atoms with Crippen LogP contribution in [-0.2, 0) is 4.79 Å². The summed E-state index contributed by atoms with van der Waals surface area (Å²) in [6.07, 6.45) is 2.47. The second-order valence-corrected chi connectivity index (χ2v) is 7.51. The zero-order chi connectivity index (χ0) is 18.3. The summed E-state index contributed by atoms with van der Waals surface area (Å²) in [5.41, 5.74) is 0.173. The molecule has 7 heteroatoms. The number of hydrogen-bond acceptors (Lipinski definition) is 4. The Kier molecular flexibility index (Phi) is 4.17. The van der Waals surface area contributed by atoms with Gasteiger partial charge in [0, 0.05) is 13.1 Å². The number of carboxylic acids is 1. The first-order valence-electron chi connectivity index (χ1n) is 9.18. The molecule has 26 heavy (non-hydrogen) atoms. The third kappa shape index (κ3) is 2.75. The first kappa shape index (κ1) is 17.0. The predicted molar refractivity (Wildman–Crippen MR) is 93.4 cm³/mol. The molecule has 2 N–H and O–H groups in total. The van der Waals surface area contributed by atoms with Crippen LogP contribution in [0.2, 0.25) is 0 Å². The topological polar surface area (TPSA) is 88.1 Å². The molecular formula is C19H24N2O5. The van der Waals surface area contributed by atoms with Crippen molar-refractivity contribution in [3.8, 4) is 11.5 Å². The van der Waals surface area contributed by atoms with Gasteiger partial charge >= 0.3 is 12.0 Å². The van der Waals surface area contributed by atoms with Crippen molar-refractivity contribution in [3.05, 3.63) is 23.8 Å². The fourth-order valence-corrected chi connectivity index (χ4v) is 4.48. The molecule has 2 fully saturated rings. The van der Waals surface area contributed by atoms with Crippen molar-refractivity contribution in [2.75, 3.05) is 26.3 Å².